The number of H-pyrrole nitrogens is 1. The minimum Gasteiger partial charge on any atom is -0.335 e. The summed E-state index contributed by atoms with van der Waals surface area (Å²) in [5, 5.41) is 7.85. The summed E-state index contributed by atoms with van der Waals surface area (Å²) in [4.78, 5) is 17.1. The first kappa shape index (κ1) is 18.7. The van der Waals surface area contributed by atoms with Gasteiger partial charge in [0.15, 0.2) is 0 Å². The molecule has 4 rings (SSSR count). The molecule has 0 atom stereocenters. The van der Waals surface area contributed by atoms with E-state index in [0.717, 1.165) is 44.0 Å². The van der Waals surface area contributed by atoms with E-state index < -0.39 is 0 Å². The molecule has 28 heavy (non-hydrogen) atoms. The number of rotatable bonds is 4. The van der Waals surface area contributed by atoms with E-state index in [1.165, 1.54) is 11.1 Å². The standard InChI is InChI=1S/C22H23ClN4O/c1-16-2-4-17(5-3-16)15-26-10-12-27(13-11-26)22(28)21-14-20(24-25-21)18-6-8-19(23)9-7-18/h2-9,14H,10-13,15H2,1H3,(H,24,25). The lowest BCUT2D eigenvalue weighted by atomic mass is 10.1. The molecule has 1 amide bonds. The van der Waals surface area contributed by atoms with Crippen LogP contribution in [0.15, 0.2) is 54.6 Å². The Labute approximate surface area is 169 Å². The molecule has 0 bridgehead atoms. The molecular formula is C22H23ClN4O. The molecule has 2 aromatic carbocycles. The van der Waals surface area contributed by atoms with Crippen molar-refractivity contribution < 1.29 is 4.79 Å². The zero-order chi connectivity index (χ0) is 19.5. The van der Waals surface area contributed by atoms with E-state index in [2.05, 4.69) is 46.3 Å². The highest BCUT2D eigenvalue weighted by Crippen LogP contribution is 2.21. The summed E-state index contributed by atoms with van der Waals surface area (Å²) >= 11 is 5.93. The molecule has 144 valence electrons. The Morgan fingerprint density at radius 2 is 1.71 bits per heavy atom. The second-order valence-electron chi connectivity index (χ2n) is 7.23. The number of carbonyl (C=O) groups excluding carboxylic acids is 1. The SMILES string of the molecule is Cc1ccc(CN2CCN(C(=O)c3cc(-c4ccc(Cl)cc4)n[nH]3)CC2)cc1. The number of halogens is 1. The highest BCUT2D eigenvalue weighted by Gasteiger charge is 2.23. The summed E-state index contributed by atoms with van der Waals surface area (Å²) in [6.45, 7) is 6.21. The Hall–Kier alpha value is -2.63. The summed E-state index contributed by atoms with van der Waals surface area (Å²) in [5.41, 5.74) is 4.79. The highest BCUT2D eigenvalue weighted by atomic mass is 35.5. The first-order chi connectivity index (χ1) is 13.6. The first-order valence-electron chi connectivity index (χ1n) is 9.47. The highest BCUT2D eigenvalue weighted by molar-refractivity contribution is 6.30. The average Bonchev–Trinajstić information content (AvgIpc) is 3.20. The molecule has 1 aromatic heterocycles. The van der Waals surface area contributed by atoms with E-state index in [9.17, 15) is 4.79 Å². The topological polar surface area (TPSA) is 52.2 Å². The number of carbonyl (C=O) groups is 1. The number of benzene rings is 2. The summed E-state index contributed by atoms with van der Waals surface area (Å²) in [6.07, 6.45) is 0. The molecule has 0 spiro atoms. The third-order valence-electron chi connectivity index (χ3n) is 5.13. The van der Waals surface area contributed by atoms with Crippen LogP contribution in [0.5, 0.6) is 0 Å². The van der Waals surface area contributed by atoms with E-state index in [1.807, 2.05) is 35.2 Å². The molecular weight excluding hydrogens is 372 g/mol. The number of piperazine rings is 1. The molecule has 3 aromatic rings. The van der Waals surface area contributed by atoms with Gasteiger partial charge >= 0.3 is 0 Å². The van der Waals surface area contributed by atoms with Gasteiger partial charge in [-0.3, -0.25) is 14.8 Å². The normalized spacial score (nSPS) is 15.0. The molecule has 5 nitrogen and oxygen atoms in total. The minimum absolute atomic E-state index is 0.00250. The van der Waals surface area contributed by atoms with Crippen LogP contribution in [0.4, 0.5) is 0 Å². The molecule has 1 N–H and O–H groups in total. The van der Waals surface area contributed by atoms with Gasteiger partial charge in [-0.15, -0.1) is 0 Å². The van der Waals surface area contributed by atoms with Crippen molar-refractivity contribution in [2.75, 3.05) is 26.2 Å². The van der Waals surface area contributed by atoms with Crippen LogP contribution in [0.25, 0.3) is 11.3 Å². The van der Waals surface area contributed by atoms with Crippen molar-refractivity contribution in [1.29, 1.82) is 0 Å². The molecule has 1 aliphatic heterocycles. The predicted molar refractivity (Wildman–Crippen MR) is 111 cm³/mol. The second kappa shape index (κ2) is 8.17. The molecule has 0 radical (unpaired) electrons. The Balaban J connectivity index is 1.35. The molecule has 1 aliphatic rings. The van der Waals surface area contributed by atoms with Gasteiger partial charge in [0.1, 0.15) is 5.69 Å². The number of amides is 1. The van der Waals surface area contributed by atoms with Gasteiger partial charge in [-0.2, -0.15) is 5.10 Å². The van der Waals surface area contributed by atoms with Crippen LogP contribution in [0.2, 0.25) is 5.02 Å². The van der Waals surface area contributed by atoms with Crippen molar-refractivity contribution in [3.8, 4) is 11.3 Å². The van der Waals surface area contributed by atoms with Gasteiger partial charge in [0.2, 0.25) is 0 Å². The molecule has 1 saturated heterocycles. The number of aromatic amines is 1. The van der Waals surface area contributed by atoms with Crippen molar-refractivity contribution >= 4 is 17.5 Å². The van der Waals surface area contributed by atoms with Gasteiger partial charge in [-0.1, -0.05) is 53.6 Å². The van der Waals surface area contributed by atoms with Gasteiger partial charge < -0.3 is 4.90 Å². The Morgan fingerprint density at radius 3 is 2.39 bits per heavy atom. The molecule has 0 unspecified atom stereocenters. The summed E-state index contributed by atoms with van der Waals surface area (Å²) in [6, 6.07) is 17.9. The maximum atomic E-state index is 12.8. The van der Waals surface area contributed by atoms with E-state index in [-0.39, 0.29) is 5.91 Å². The zero-order valence-electron chi connectivity index (χ0n) is 15.9. The van der Waals surface area contributed by atoms with Crippen molar-refractivity contribution in [1.82, 2.24) is 20.0 Å². The van der Waals surface area contributed by atoms with Crippen molar-refractivity contribution in [2.45, 2.75) is 13.5 Å². The van der Waals surface area contributed by atoms with Crippen LogP contribution in [0, 0.1) is 6.92 Å². The van der Waals surface area contributed by atoms with E-state index in [1.54, 1.807) is 0 Å². The fraction of sp³-hybridized carbons (Fsp3) is 0.273. The second-order valence-corrected chi connectivity index (χ2v) is 7.66. The first-order valence-corrected chi connectivity index (χ1v) is 9.85. The maximum Gasteiger partial charge on any atom is 0.271 e. The largest absolute Gasteiger partial charge is 0.335 e. The van der Waals surface area contributed by atoms with Crippen LogP contribution in [-0.4, -0.2) is 52.1 Å². The van der Waals surface area contributed by atoms with E-state index >= 15 is 0 Å². The summed E-state index contributed by atoms with van der Waals surface area (Å²) < 4.78 is 0. The number of aryl methyl sites for hydroxylation is 1. The van der Waals surface area contributed by atoms with Gasteiger partial charge in [-0.05, 0) is 30.7 Å². The number of hydrogen-bond donors (Lipinski definition) is 1. The average molecular weight is 395 g/mol. The third-order valence-corrected chi connectivity index (χ3v) is 5.39. The summed E-state index contributed by atoms with van der Waals surface area (Å²) in [7, 11) is 0. The van der Waals surface area contributed by atoms with Crippen molar-refractivity contribution in [2.24, 2.45) is 0 Å². The van der Waals surface area contributed by atoms with Crippen LogP contribution >= 0.6 is 11.6 Å². The van der Waals surface area contributed by atoms with Gasteiger partial charge in [0.25, 0.3) is 5.91 Å². The van der Waals surface area contributed by atoms with Gasteiger partial charge in [-0.25, -0.2) is 0 Å². The lowest BCUT2D eigenvalue weighted by Crippen LogP contribution is -2.48. The number of nitrogens with zero attached hydrogens (tertiary/aromatic N) is 3. The maximum absolute atomic E-state index is 12.8. The zero-order valence-corrected chi connectivity index (χ0v) is 16.6. The third kappa shape index (κ3) is 4.26. The lowest BCUT2D eigenvalue weighted by molar-refractivity contribution is 0.0622. The Bertz CT molecular complexity index is 941. The van der Waals surface area contributed by atoms with Crippen molar-refractivity contribution in [3.05, 3.63) is 76.4 Å². The quantitative estimate of drug-likeness (QED) is 0.727. The monoisotopic (exact) mass is 394 g/mol. The lowest BCUT2D eigenvalue weighted by Gasteiger charge is -2.34. The van der Waals surface area contributed by atoms with E-state index in [4.69, 9.17) is 11.6 Å². The van der Waals surface area contributed by atoms with Gasteiger partial charge in [0, 0.05) is 43.3 Å². The van der Waals surface area contributed by atoms with Crippen molar-refractivity contribution in [3.63, 3.8) is 0 Å². The smallest absolute Gasteiger partial charge is 0.271 e. The van der Waals surface area contributed by atoms with Crippen LogP contribution in [-0.2, 0) is 6.54 Å². The predicted octanol–water partition coefficient (Wildman–Crippen LogP) is 4.00. The van der Waals surface area contributed by atoms with Crippen LogP contribution in [0.3, 0.4) is 0 Å². The van der Waals surface area contributed by atoms with Crippen LogP contribution < -0.4 is 0 Å². The molecule has 2 heterocycles. The fourth-order valence-electron chi connectivity index (χ4n) is 3.43. The Morgan fingerprint density at radius 1 is 1.04 bits per heavy atom. The molecule has 0 aliphatic carbocycles. The number of hydrogen-bond acceptors (Lipinski definition) is 3. The molecule has 1 fully saturated rings. The number of nitrogens with one attached hydrogen (secondary N) is 1. The molecule has 0 saturated carbocycles. The van der Waals surface area contributed by atoms with Crippen LogP contribution in [0.1, 0.15) is 21.6 Å². The minimum atomic E-state index is 0.00250. The number of aromatic nitrogens is 2. The van der Waals surface area contributed by atoms with E-state index in [0.29, 0.717) is 10.7 Å². The Kier molecular flexibility index (Phi) is 5.46. The van der Waals surface area contributed by atoms with Gasteiger partial charge in [0.05, 0.1) is 5.69 Å². The summed E-state index contributed by atoms with van der Waals surface area (Å²) in [5.74, 6) is 0.00250. The fourth-order valence-corrected chi connectivity index (χ4v) is 3.56. The molecule has 6 heteroatoms.